The van der Waals surface area contributed by atoms with Crippen LogP contribution in [0.15, 0.2) is 62.0 Å². The highest BCUT2D eigenvalue weighted by atomic mass is 79.9. The molecule has 0 aliphatic carbocycles. The monoisotopic (exact) mass is 416 g/mol. The Morgan fingerprint density at radius 1 is 1.36 bits per heavy atom. The number of hydrogen-bond acceptors (Lipinski definition) is 5. The molecule has 126 valence electrons. The number of halogens is 1. The Labute approximate surface area is 156 Å². The second kappa shape index (κ2) is 7.12. The largest absolute Gasteiger partial charge is 0.494 e. The normalized spacial score (nSPS) is 14.8. The summed E-state index contributed by atoms with van der Waals surface area (Å²) in [5.41, 5.74) is 1.69. The number of allylic oxidation sites excluding steroid dienone is 2. The molecule has 0 atom stereocenters. The third-order valence-electron chi connectivity index (χ3n) is 3.56. The molecule has 0 fully saturated rings. The fraction of sp³-hybridized carbons (Fsp3) is 0.0588. The average Bonchev–Trinajstić information content (AvgIpc) is 3.04. The van der Waals surface area contributed by atoms with E-state index in [-0.39, 0.29) is 22.8 Å². The second-order valence-corrected chi connectivity index (χ2v) is 6.50. The van der Waals surface area contributed by atoms with Crippen molar-refractivity contribution in [2.75, 3.05) is 0 Å². The first-order valence-corrected chi connectivity index (χ1v) is 8.47. The summed E-state index contributed by atoms with van der Waals surface area (Å²) in [7, 11) is 0. The zero-order chi connectivity index (χ0) is 18.0. The molecule has 2 N–H and O–H groups in total. The minimum absolute atomic E-state index is 0.0867. The van der Waals surface area contributed by atoms with Gasteiger partial charge < -0.3 is 5.11 Å². The number of rotatable bonds is 4. The van der Waals surface area contributed by atoms with Crippen LogP contribution in [0.1, 0.15) is 11.1 Å². The fourth-order valence-electron chi connectivity index (χ4n) is 2.36. The summed E-state index contributed by atoms with van der Waals surface area (Å²) in [5.74, 6) is -0.225. The summed E-state index contributed by atoms with van der Waals surface area (Å²) in [6, 6.07) is 7.56. The fourth-order valence-corrected chi connectivity index (χ4v) is 2.88. The van der Waals surface area contributed by atoms with E-state index in [0.717, 1.165) is 10.0 Å². The van der Waals surface area contributed by atoms with E-state index >= 15 is 0 Å². The van der Waals surface area contributed by atoms with Crippen molar-refractivity contribution in [3.8, 4) is 5.88 Å². The molecule has 2 aromatic rings. The summed E-state index contributed by atoms with van der Waals surface area (Å²) in [4.78, 5) is 14.8. The van der Waals surface area contributed by atoms with Crippen LogP contribution in [0.25, 0.3) is 6.08 Å². The van der Waals surface area contributed by atoms with Crippen molar-refractivity contribution in [1.82, 2.24) is 9.55 Å². The summed E-state index contributed by atoms with van der Waals surface area (Å²) < 4.78 is 2.46. The van der Waals surface area contributed by atoms with Gasteiger partial charge in [-0.1, -0.05) is 34.1 Å². The van der Waals surface area contributed by atoms with Crippen LogP contribution in [0, 0.1) is 4.77 Å². The molecule has 1 aromatic heterocycles. The second-order valence-electron chi connectivity index (χ2n) is 5.20. The Kier molecular flexibility index (Phi) is 4.91. The number of benzene rings is 1. The SMILES string of the molecule is C=CCn1c(O)c(C=C2C=NN=C2c2ccc(Br)cc2)c(=O)[nH]c1=S. The Morgan fingerprint density at radius 2 is 2.08 bits per heavy atom. The lowest BCUT2D eigenvalue weighted by Gasteiger charge is -2.09. The number of aromatic nitrogens is 2. The van der Waals surface area contributed by atoms with E-state index < -0.39 is 5.56 Å². The summed E-state index contributed by atoms with van der Waals surface area (Å²) in [5, 5.41) is 18.5. The highest BCUT2D eigenvalue weighted by Crippen LogP contribution is 2.21. The zero-order valence-electron chi connectivity index (χ0n) is 12.9. The summed E-state index contributed by atoms with van der Waals surface area (Å²) in [6.07, 6.45) is 4.66. The van der Waals surface area contributed by atoms with Gasteiger partial charge in [-0.15, -0.1) is 11.7 Å². The van der Waals surface area contributed by atoms with Gasteiger partial charge >= 0.3 is 0 Å². The van der Waals surface area contributed by atoms with Gasteiger partial charge in [-0.3, -0.25) is 14.3 Å². The third kappa shape index (κ3) is 3.45. The van der Waals surface area contributed by atoms with Gasteiger partial charge in [0.2, 0.25) is 5.88 Å². The highest BCUT2D eigenvalue weighted by Gasteiger charge is 2.17. The molecule has 1 aliphatic heterocycles. The third-order valence-corrected chi connectivity index (χ3v) is 4.42. The van der Waals surface area contributed by atoms with E-state index in [4.69, 9.17) is 12.2 Å². The van der Waals surface area contributed by atoms with Crippen LogP contribution in [0.4, 0.5) is 0 Å². The molecular formula is C17H13BrN4O2S. The van der Waals surface area contributed by atoms with E-state index in [0.29, 0.717) is 11.3 Å². The van der Waals surface area contributed by atoms with E-state index in [1.807, 2.05) is 24.3 Å². The van der Waals surface area contributed by atoms with Crippen LogP contribution in [-0.2, 0) is 6.54 Å². The predicted octanol–water partition coefficient (Wildman–Crippen LogP) is 3.43. The molecule has 0 bridgehead atoms. The maximum Gasteiger partial charge on any atom is 0.262 e. The maximum atomic E-state index is 12.2. The number of nitrogens with zero attached hydrogens (tertiary/aromatic N) is 3. The number of aromatic amines is 1. The van der Waals surface area contributed by atoms with Crippen molar-refractivity contribution in [1.29, 1.82) is 0 Å². The number of aromatic hydroxyl groups is 1. The molecule has 2 heterocycles. The zero-order valence-corrected chi connectivity index (χ0v) is 15.3. The van der Waals surface area contributed by atoms with E-state index in [1.54, 1.807) is 12.2 Å². The lowest BCUT2D eigenvalue weighted by atomic mass is 10.0. The Hall–Kier alpha value is -2.58. The maximum absolute atomic E-state index is 12.2. The minimum atomic E-state index is -0.481. The van der Waals surface area contributed by atoms with Gasteiger partial charge in [-0.05, 0) is 30.4 Å². The van der Waals surface area contributed by atoms with Crippen molar-refractivity contribution in [3.63, 3.8) is 0 Å². The molecule has 1 aromatic carbocycles. The molecule has 6 nitrogen and oxygen atoms in total. The first-order valence-electron chi connectivity index (χ1n) is 7.27. The molecular weight excluding hydrogens is 404 g/mol. The Morgan fingerprint density at radius 3 is 2.76 bits per heavy atom. The number of nitrogens with one attached hydrogen (secondary N) is 1. The first-order chi connectivity index (χ1) is 12.0. The van der Waals surface area contributed by atoms with E-state index in [1.165, 1.54) is 10.8 Å². The molecule has 0 saturated carbocycles. The van der Waals surface area contributed by atoms with Crippen molar-refractivity contribution >= 4 is 46.2 Å². The molecule has 1 aliphatic rings. The molecule has 0 spiro atoms. The molecule has 0 radical (unpaired) electrons. The van der Waals surface area contributed by atoms with Crippen LogP contribution >= 0.6 is 28.1 Å². The Balaban J connectivity index is 2.10. The van der Waals surface area contributed by atoms with Crippen LogP contribution in [0.3, 0.4) is 0 Å². The van der Waals surface area contributed by atoms with Gasteiger partial charge in [0.15, 0.2) is 4.77 Å². The van der Waals surface area contributed by atoms with E-state index in [2.05, 4.69) is 37.7 Å². The Bertz CT molecular complexity index is 1050. The van der Waals surface area contributed by atoms with Gasteiger partial charge in [0, 0.05) is 22.2 Å². The van der Waals surface area contributed by atoms with Crippen LogP contribution in [0.5, 0.6) is 5.88 Å². The van der Waals surface area contributed by atoms with Crippen molar-refractivity contribution < 1.29 is 5.11 Å². The van der Waals surface area contributed by atoms with Gasteiger partial charge in [0.05, 0.1) is 6.21 Å². The lowest BCUT2D eigenvalue weighted by Crippen LogP contribution is -2.17. The average molecular weight is 417 g/mol. The van der Waals surface area contributed by atoms with Gasteiger partial charge in [0.1, 0.15) is 11.3 Å². The quantitative estimate of drug-likeness (QED) is 0.591. The van der Waals surface area contributed by atoms with Crippen LogP contribution < -0.4 is 5.56 Å². The molecule has 25 heavy (non-hydrogen) atoms. The molecule has 0 amide bonds. The van der Waals surface area contributed by atoms with Crippen molar-refractivity contribution in [3.05, 3.63) is 73.2 Å². The minimum Gasteiger partial charge on any atom is -0.494 e. The molecule has 0 unspecified atom stereocenters. The summed E-state index contributed by atoms with van der Waals surface area (Å²) in [6.45, 7) is 3.90. The topological polar surface area (TPSA) is 82.7 Å². The lowest BCUT2D eigenvalue weighted by molar-refractivity contribution is 0.412. The van der Waals surface area contributed by atoms with Crippen LogP contribution in [-0.4, -0.2) is 26.6 Å². The number of hydrogen-bond donors (Lipinski definition) is 2. The van der Waals surface area contributed by atoms with Crippen molar-refractivity contribution in [2.24, 2.45) is 10.2 Å². The van der Waals surface area contributed by atoms with Crippen molar-refractivity contribution in [2.45, 2.75) is 6.54 Å². The number of H-pyrrole nitrogens is 1. The van der Waals surface area contributed by atoms with Crippen LogP contribution in [0.2, 0.25) is 0 Å². The smallest absolute Gasteiger partial charge is 0.262 e. The van der Waals surface area contributed by atoms with Gasteiger partial charge in [0.25, 0.3) is 5.56 Å². The van der Waals surface area contributed by atoms with E-state index in [9.17, 15) is 9.90 Å². The molecule has 3 rings (SSSR count). The molecule has 8 heteroatoms. The van der Waals surface area contributed by atoms with Gasteiger partial charge in [-0.25, -0.2) is 0 Å². The predicted molar refractivity (Wildman–Crippen MR) is 105 cm³/mol. The van der Waals surface area contributed by atoms with Gasteiger partial charge in [-0.2, -0.15) is 5.10 Å². The first kappa shape index (κ1) is 17.2. The molecule has 0 saturated heterocycles. The standard InChI is InChI=1S/C17H13BrN4O2S/c1-2-7-22-16(24)13(15(23)20-17(22)25)8-11-9-19-21-14(11)10-3-5-12(18)6-4-10/h2-6,8-9,24H,1,7H2,(H,20,23,25). The highest BCUT2D eigenvalue weighted by molar-refractivity contribution is 9.10. The summed E-state index contributed by atoms with van der Waals surface area (Å²) >= 11 is 8.46.